The fraction of sp³-hybridized carbons (Fsp3) is 0.450. The lowest BCUT2D eigenvalue weighted by molar-refractivity contribution is -0.142. The highest BCUT2D eigenvalue weighted by atomic mass is 16.4. The van der Waals surface area contributed by atoms with Crippen LogP contribution in [0.2, 0.25) is 0 Å². The summed E-state index contributed by atoms with van der Waals surface area (Å²) in [7, 11) is 0. The van der Waals surface area contributed by atoms with E-state index < -0.39 is 42.3 Å². The third-order valence-electron chi connectivity index (χ3n) is 4.27. The molecule has 0 aliphatic carbocycles. The maximum Gasteiger partial charge on any atom is 0.326 e. The number of hydrogen-bond acceptors (Lipinski definition) is 5. The van der Waals surface area contributed by atoms with Gasteiger partial charge in [0.1, 0.15) is 12.1 Å². The summed E-state index contributed by atoms with van der Waals surface area (Å²) in [5.74, 6) is -3.17. The predicted molar refractivity (Wildman–Crippen MR) is 115 cm³/mol. The van der Waals surface area contributed by atoms with Crippen LogP contribution in [0.3, 0.4) is 0 Å². The lowest BCUT2D eigenvalue weighted by atomic mass is 10.0. The smallest absolute Gasteiger partial charge is 0.326 e. The van der Waals surface area contributed by atoms with Gasteiger partial charge in [0, 0.05) is 12.1 Å². The monoisotopic (exact) mass is 434 g/mol. The van der Waals surface area contributed by atoms with Gasteiger partial charge in [-0.2, -0.15) is 0 Å². The standard InChI is InChI=1S/C20H30N6O5/c1-12(2)16(26-17(28)13-7-4-3-5-8-13)18(29)24-11-15(27)25-14(19(30)31)9-6-10-23-20(21)22/h3-5,7-8,12,14,16H,6,9-11H2,1-2H3,(H,24,29)(H,25,27)(H,26,28)(H,30,31)(H4,21,22,23). The Morgan fingerprint density at radius 2 is 1.71 bits per heavy atom. The molecule has 1 aromatic carbocycles. The van der Waals surface area contributed by atoms with E-state index >= 15 is 0 Å². The van der Waals surface area contributed by atoms with Gasteiger partial charge in [-0.25, -0.2) is 4.79 Å². The van der Waals surface area contributed by atoms with Crippen molar-refractivity contribution in [2.24, 2.45) is 22.4 Å². The van der Waals surface area contributed by atoms with Crippen molar-refractivity contribution in [3.8, 4) is 0 Å². The number of aliphatic carboxylic acids is 1. The second-order valence-corrected chi connectivity index (χ2v) is 7.19. The van der Waals surface area contributed by atoms with Crippen LogP contribution in [0.15, 0.2) is 35.3 Å². The number of nitrogens with one attached hydrogen (secondary N) is 3. The van der Waals surface area contributed by atoms with Crippen LogP contribution in [0.1, 0.15) is 37.0 Å². The van der Waals surface area contributed by atoms with Crippen molar-refractivity contribution in [1.29, 1.82) is 0 Å². The van der Waals surface area contributed by atoms with E-state index in [0.29, 0.717) is 12.0 Å². The maximum atomic E-state index is 12.5. The fourth-order valence-electron chi connectivity index (χ4n) is 2.63. The Balaban J connectivity index is 2.57. The number of benzene rings is 1. The molecule has 0 aliphatic rings. The average Bonchev–Trinajstić information content (AvgIpc) is 2.72. The van der Waals surface area contributed by atoms with Crippen LogP contribution in [0.5, 0.6) is 0 Å². The number of carboxylic acid groups (broad SMARTS) is 1. The van der Waals surface area contributed by atoms with Crippen molar-refractivity contribution >= 4 is 29.7 Å². The fourth-order valence-corrected chi connectivity index (χ4v) is 2.63. The summed E-state index contributed by atoms with van der Waals surface area (Å²) in [6, 6.07) is 6.43. The molecule has 0 saturated carbocycles. The highest BCUT2D eigenvalue weighted by Gasteiger charge is 2.26. The van der Waals surface area contributed by atoms with Crippen LogP contribution in [0.4, 0.5) is 0 Å². The molecular weight excluding hydrogens is 404 g/mol. The molecule has 2 atom stereocenters. The molecule has 0 heterocycles. The summed E-state index contributed by atoms with van der Waals surface area (Å²) < 4.78 is 0. The molecule has 11 nitrogen and oxygen atoms in total. The zero-order chi connectivity index (χ0) is 23.4. The SMILES string of the molecule is CC(C)C(NC(=O)c1ccccc1)C(=O)NCC(=O)NC(CCCN=C(N)N)C(=O)O. The molecule has 0 aromatic heterocycles. The van der Waals surface area contributed by atoms with Crippen LogP contribution in [0.25, 0.3) is 0 Å². The van der Waals surface area contributed by atoms with Crippen LogP contribution >= 0.6 is 0 Å². The second kappa shape index (κ2) is 12.8. The summed E-state index contributed by atoms with van der Waals surface area (Å²) in [5.41, 5.74) is 10.8. The van der Waals surface area contributed by atoms with Gasteiger partial charge >= 0.3 is 5.97 Å². The highest BCUT2D eigenvalue weighted by Crippen LogP contribution is 2.05. The first-order valence-electron chi connectivity index (χ1n) is 9.83. The molecule has 11 heteroatoms. The number of guanidine groups is 1. The van der Waals surface area contributed by atoms with E-state index in [2.05, 4.69) is 20.9 Å². The topological polar surface area (TPSA) is 189 Å². The number of nitrogens with two attached hydrogens (primary N) is 2. The van der Waals surface area contributed by atoms with Crippen LogP contribution in [-0.4, -0.2) is 59.9 Å². The van der Waals surface area contributed by atoms with Crippen LogP contribution < -0.4 is 27.4 Å². The van der Waals surface area contributed by atoms with Gasteiger partial charge in [0.15, 0.2) is 5.96 Å². The summed E-state index contributed by atoms with van der Waals surface area (Å²) in [5, 5.41) is 16.7. The number of rotatable bonds is 12. The number of carboxylic acids is 1. The van der Waals surface area contributed by atoms with Gasteiger partial charge < -0.3 is 32.5 Å². The molecule has 2 unspecified atom stereocenters. The number of amides is 3. The summed E-state index contributed by atoms with van der Waals surface area (Å²) >= 11 is 0. The number of nitrogens with zero attached hydrogens (tertiary/aromatic N) is 1. The van der Waals surface area contributed by atoms with Crippen molar-refractivity contribution in [3.63, 3.8) is 0 Å². The Morgan fingerprint density at radius 1 is 1.06 bits per heavy atom. The number of aliphatic imine (C=N–C) groups is 1. The van der Waals surface area contributed by atoms with E-state index in [-0.39, 0.29) is 24.8 Å². The largest absolute Gasteiger partial charge is 0.480 e. The molecule has 1 aromatic rings. The molecular formula is C20H30N6O5. The first kappa shape index (κ1) is 25.4. The van der Waals surface area contributed by atoms with Gasteiger partial charge in [-0.1, -0.05) is 32.0 Å². The van der Waals surface area contributed by atoms with E-state index in [1.54, 1.807) is 44.2 Å². The summed E-state index contributed by atoms with van der Waals surface area (Å²) in [4.78, 5) is 52.0. The Morgan fingerprint density at radius 3 is 2.26 bits per heavy atom. The van der Waals surface area contributed by atoms with Gasteiger partial charge in [-0.3, -0.25) is 19.4 Å². The van der Waals surface area contributed by atoms with Gasteiger partial charge in [0.25, 0.3) is 5.91 Å². The van der Waals surface area contributed by atoms with Crippen molar-refractivity contribution in [1.82, 2.24) is 16.0 Å². The molecule has 0 radical (unpaired) electrons. The normalized spacial score (nSPS) is 12.4. The van der Waals surface area contributed by atoms with Gasteiger partial charge in [0.2, 0.25) is 11.8 Å². The number of hydrogen-bond donors (Lipinski definition) is 6. The molecule has 8 N–H and O–H groups in total. The minimum atomic E-state index is -1.21. The molecule has 0 fully saturated rings. The molecule has 170 valence electrons. The van der Waals surface area contributed by atoms with E-state index in [0.717, 1.165) is 0 Å². The first-order chi connectivity index (χ1) is 14.6. The molecule has 0 bridgehead atoms. The molecule has 3 amide bonds. The number of carbonyl (C=O) groups is 4. The Labute approximate surface area is 180 Å². The molecule has 0 spiro atoms. The molecule has 0 saturated heterocycles. The zero-order valence-corrected chi connectivity index (χ0v) is 17.6. The highest BCUT2D eigenvalue weighted by molar-refractivity contribution is 5.98. The predicted octanol–water partition coefficient (Wildman–Crippen LogP) is -0.820. The first-order valence-corrected chi connectivity index (χ1v) is 9.83. The molecule has 0 aliphatic heterocycles. The van der Waals surface area contributed by atoms with Gasteiger partial charge in [-0.15, -0.1) is 0 Å². The maximum absolute atomic E-state index is 12.5. The van der Waals surface area contributed by atoms with Gasteiger partial charge in [-0.05, 0) is 30.9 Å². The minimum absolute atomic E-state index is 0.0994. The van der Waals surface area contributed by atoms with Crippen molar-refractivity contribution < 1.29 is 24.3 Å². The summed E-state index contributed by atoms with van der Waals surface area (Å²) in [6.07, 6.45) is 0.468. The lowest BCUT2D eigenvalue weighted by Crippen LogP contribution is -2.52. The Hall–Kier alpha value is -3.63. The van der Waals surface area contributed by atoms with Crippen LogP contribution in [0, 0.1) is 5.92 Å². The lowest BCUT2D eigenvalue weighted by Gasteiger charge is -2.22. The van der Waals surface area contributed by atoms with Crippen molar-refractivity contribution in [2.75, 3.05) is 13.1 Å². The van der Waals surface area contributed by atoms with E-state index in [9.17, 15) is 24.3 Å². The minimum Gasteiger partial charge on any atom is -0.480 e. The molecule has 31 heavy (non-hydrogen) atoms. The van der Waals surface area contributed by atoms with E-state index in [4.69, 9.17) is 11.5 Å². The third-order valence-corrected chi connectivity index (χ3v) is 4.27. The molecule has 1 rings (SSSR count). The Kier molecular flexibility index (Phi) is 10.5. The summed E-state index contributed by atoms with van der Waals surface area (Å²) in [6.45, 7) is 3.32. The van der Waals surface area contributed by atoms with E-state index in [1.807, 2.05) is 0 Å². The van der Waals surface area contributed by atoms with E-state index in [1.165, 1.54) is 0 Å². The number of carbonyl (C=O) groups excluding carboxylic acids is 3. The average molecular weight is 434 g/mol. The quantitative estimate of drug-likeness (QED) is 0.141. The third kappa shape index (κ3) is 9.61. The zero-order valence-electron chi connectivity index (χ0n) is 17.6. The second-order valence-electron chi connectivity index (χ2n) is 7.19. The van der Waals surface area contributed by atoms with Crippen LogP contribution in [-0.2, 0) is 14.4 Å². The van der Waals surface area contributed by atoms with Gasteiger partial charge in [0.05, 0.1) is 6.54 Å². The van der Waals surface area contributed by atoms with Crippen molar-refractivity contribution in [3.05, 3.63) is 35.9 Å². The Bertz CT molecular complexity index is 793. The van der Waals surface area contributed by atoms with Crippen molar-refractivity contribution in [2.45, 2.75) is 38.8 Å².